The number of nitrogens with zero attached hydrogens (tertiary/aromatic N) is 4. The topological polar surface area (TPSA) is 83.9 Å². The third-order valence-electron chi connectivity index (χ3n) is 7.69. The Bertz CT molecular complexity index is 1310. The number of aryl methyl sites for hydroxylation is 1. The average Bonchev–Trinajstić information content (AvgIpc) is 3.45. The van der Waals surface area contributed by atoms with Gasteiger partial charge in [-0.1, -0.05) is 6.07 Å². The van der Waals surface area contributed by atoms with E-state index in [1.54, 1.807) is 0 Å². The van der Waals surface area contributed by atoms with Crippen molar-refractivity contribution in [2.75, 3.05) is 56.8 Å². The Morgan fingerprint density at radius 3 is 2.62 bits per heavy atom. The first kappa shape index (κ1) is 28.2. The molecule has 40 heavy (non-hydrogen) atoms. The van der Waals surface area contributed by atoms with Crippen molar-refractivity contribution < 1.29 is 14.3 Å². The highest BCUT2D eigenvalue weighted by atomic mass is 32.1. The van der Waals surface area contributed by atoms with E-state index >= 15 is 0 Å². The lowest BCUT2D eigenvalue weighted by atomic mass is 9.96. The summed E-state index contributed by atoms with van der Waals surface area (Å²) in [4.78, 5) is 21.3. The van der Waals surface area contributed by atoms with Gasteiger partial charge in [0.05, 0.1) is 31.0 Å². The van der Waals surface area contributed by atoms with Crippen LogP contribution in [0.25, 0.3) is 0 Å². The monoisotopic (exact) mass is 562 g/mol. The van der Waals surface area contributed by atoms with Crippen molar-refractivity contribution in [2.24, 2.45) is 0 Å². The zero-order chi connectivity index (χ0) is 28.1. The van der Waals surface area contributed by atoms with Gasteiger partial charge < -0.3 is 29.6 Å². The number of hydrogen-bond donors (Lipinski definition) is 2. The zero-order valence-corrected chi connectivity index (χ0v) is 24.2. The maximum Gasteiger partial charge on any atom is 0.250 e. The smallest absolute Gasteiger partial charge is 0.250 e. The highest BCUT2D eigenvalue weighted by Gasteiger charge is 2.42. The molecular formula is C30H38N6O3S. The molecule has 0 radical (unpaired) electrons. The summed E-state index contributed by atoms with van der Waals surface area (Å²) < 4.78 is 12.9. The van der Waals surface area contributed by atoms with Crippen molar-refractivity contribution in [3.63, 3.8) is 0 Å². The van der Waals surface area contributed by atoms with E-state index in [2.05, 4.69) is 44.9 Å². The van der Waals surface area contributed by atoms with Crippen molar-refractivity contribution in [1.82, 2.24) is 19.8 Å². The van der Waals surface area contributed by atoms with Gasteiger partial charge in [-0.3, -0.25) is 14.7 Å². The van der Waals surface area contributed by atoms with Crippen LogP contribution in [-0.2, 0) is 20.8 Å². The summed E-state index contributed by atoms with van der Waals surface area (Å²) in [7, 11) is 1.50. The quantitative estimate of drug-likeness (QED) is 0.359. The van der Waals surface area contributed by atoms with Gasteiger partial charge in [0, 0.05) is 62.2 Å². The van der Waals surface area contributed by atoms with Crippen LogP contribution in [0.1, 0.15) is 41.1 Å². The Morgan fingerprint density at radius 1 is 1.15 bits per heavy atom. The molecule has 4 heterocycles. The summed E-state index contributed by atoms with van der Waals surface area (Å²) in [5.74, 6) is -0.192. The summed E-state index contributed by atoms with van der Waals surface area (Å²) in [6.07, 6.45) is 2.91. The molecule has 1 aromatic carbocycles. The minimum atomic E-state index is -0.192. The number of pyridine rings is 1. The van der Waals surface area contributed by atoms with Crippen molar-refractivity contribution >= 4 is 34.6 Å². The van der Waals surface area contributed by atoms with Crippen molar-refractivity contribution in [3.8, 4) is 0 Å². The third-order valence-corrected chi connectivity index (χ3v) is 8.01. The van der Waals surface area contributed by atoms with Gasteiger partial charge in [0.25, 0.3) is 0 Å². The summed E-state index contributed by atoms with van der Waals surface area (Å²) in [5.41, 5.74) is 6.30. The van der Waals surface area contributed by atoms with E-state index in [4.69, 9.17) is 26.7 Å². The molecule has 212 valence electrons. The number of amides is 1. The normalized spacial score (nSPS) is 19.6. The maximum absolute atomic E-state index is 12.0. The molecule has 0 saturated carbocycles. The number of morpholine rings is 1. The van der Waals surface area contributed by atoms with Crippen LogP contribution in [0.4, 0.5) is 11.4 Å². The van der Waals surface area contributed by atoms with Gasteiger partial charge in [0.2, 0.25) is 5.91 Å². The summed E-state index contributed by atoms with van der Waals surface area (Å²) in [5, 5.41) is 7.06. The summed E-state index contributed by atoms with van der Waals surface area (Å²) in [6, 6.07) is 15.9. The van der Waals surface area contributed by atoms with Gasteiger partial charge in [0.15, 0.2) is 5.11 Å². The van der Waals surface area contributed by atoms with E-state index in [1.165, 1.54) is 24.1 Å². The van der Waals surface area contributed by atoms with Crippen LogP contribution < -0.4 is 15.5 Å². The number of carbonyl (C=O) groups excluding carboxylic acids is 1. The number of methoxy groups -OCH3 is 1. The standard InChI is InChI=1S/C30H38N6O3S/c1-21-19-25(22(2)35(21)14-6-13-34-15-17-39-18-16-34)29-28(26-7-4-5-12-31-26)33-30(40)36(29)24-10-8-23(9-11-24)32-27(37)20-38-3/h4-5,7-12,19,28-29H,6,13-18,20H2,1-3H3,(H,32,37)(H,33,40). The van der Waals surface area contributed by atoms with E-state index in [1.807, 2.05) is 48.7 Å². The molecule has 0 aliphatic carbocycles. The Morgan fingerprint density at radius 2 is 1.93 bits per heavy atom. The zero-order valence-electron chi connectivity index (χ0n) is 23.4. The lowest BCUT2D eigenvalue weighted by Crippen LogP contribution is -2.37. The highest BCUT2D eigenvalue weighted by molar-refractivity contribution is 7.80. The minimum Gasteiger partial charge on any atom is -0.379 e. The number of rotatable bonds is 10. The van der Waals surface area contributed by atoms with E-state index in [0.29, 0.717) is 10.8 Å². The maximum atomic E-state index is 12.0. The van der Waals surface area contributed by atoms with Crippen LogP contribution in [0.3, 0.4) is 0 Å². The van der Waals surface area contributed by atoms with Gasteiger partial charge in [-0.25, -0.2) is 0 Å². The van der Waals surface area contributed by atoms with E-state index in [9.17, 15) is 4.79 Å². The molecule has 2 aliphatic rings. The van der Waals surface area contributed by atoms with E-state index < -0.39 is 0 Å². The molecular weight excluding hydrogens is 524 g/mol. The molecule has 3 aromatic rings. The van der Waals surface area contributed by atoms with Crippen molar-refractivity contribution in [3.05, 3.63) is 77.4 Å². The predicted octanol–water partition coefficient (Wildman–Crippen LogP) is 3.98. The SMILES string of the molecule is COCC(=O)Nc1ccc(N2C(=S)NC(c3ccccn3)C2c2cc(C)n(CCCN3CCOCC3)c2C)cc1. The fourth-order valence-corrected chi connectivity index (χ4v) is 6.08. The first-order valence-electron chi connectivity index (χ1n) is 13.8. The van der Waals surface area contributed by atoms with Crippen molar-refractivity contribution in [2.45, 2.75) is 38.9 Å². The fourth-order valence-electron chi connectivity index (χ4n) is 5.73. The van der Waals surface area contributed by atoms with E-state index in [-0.39, 0.29) is 24.6 Å². The second-order valence-corrected chi connectivity index (χ2v) is 10.7. The average molecular weight is 563 g/mol. The number of ether oxygens (including phenoxy) is 2. The lowest BCUT2D eigenvalue weighted by molar-refractivity contribution is -0.119. The fraction of sp³-hybridized carbons (Fsp3) is 0.433. The van der Waals surface area contributed by atoms with Crippen LogP contribution in [0.15, 0.2) is 54.7 Å². The molecule has 2 unspecified atom stereocenters. The minimum absolute atomic E-state index is 0.0117. The van der Waals surface area contributed by atoms with Gasteiger partial charge in [-0.2, -0.15) is 0 Å². The highest BCUT2D eigenvalue weighted by Crippen LogP contribution is 2.43. The summed E-state index contributed by atoms with van der Waals surface area (Å²) >= 11 is 5.92. The van der Waals surface area contributed by atoms with Gasteiger partial charge in [-0.15, -0.1) is 0 Å². The number of aromatic nitrogens is 2. The number of hydrogen-bond acceptors (Lipinski definition) is 6. The molecule has 2 aromatic heterocycles. The molecule has 2 saturated heterocycles. The largest absolute Gasteiger partial charge is 0.379 e. The van der Waals surface area contributed by atoms with Crippen LogP contribution in [0.2, 0.25) is 0 Å². The molecule has 10 heteroatoms. The van der Waals surface area contributed by atoms with Crippen LogP contribution in [-0.4, -0.2) is 72.0 Å². The van der Waals surface area contributed by atoms with Gasteiger partial charge in [0.1, 0.15) is 6.61 Å². The van der Waals surface area contributed by atoms with E-state index in [0.717, 1.165) is 57.2 Å². The second kappa shape index (κ2) is 12.9. The number of anilines is 2. The lowest BCUT2D eigenvalue weighted by Gasteiger charge is -2.28. The molecule has 2 N–H and O–H groups in total. The molecule has 9 nitrogen and oxygen atoms in total. The molecule has 0 bridgehead atoms. The second-order valence-electron chi connectivity index (χ2n) is 10.3. The first-order chi connectivity index (χ1) is 19.5. The summed E-state index contributed by atoms with van der Waals surface area (Å²) in [6.45, 7) is 10.1. The Labute approximate surface area is 241 Å². The third kappa shape index (κ3) is 6.20. The molecule has 5 rings (SSSR count). The molecule has 2 fully saturated rings. The van der Waals surface area contributed by atoms with Gasteiger partial charge in [-0.05, 0) is 80.5 Å². The number of benzene rings is 1. The van der Waals surface area contributed by atoms with Crippen molar-refractivity contribution in [1.29, 1.82) is 0 Å². The van der Waals surface area contributed by atoms with Crippen LogP contribution in [0, 0.1) is 13.8 Å². The number of nitrogens with one attached hydrogen (secondary N) is 2. The molecule has 1 amide bonds. The Hall–Kier alpha value is -3.31. The number of thiocarbonyl (C=S) groups is 1. The van der Waals surface area contributed by atoms with Crippen LogP contribution in [0.5, 0.6) is 0 Å². The molecule has 0 spiro atoms. The Kier molecular flexibility index (Phi) is 9.11. The molecule has 2 aliphatic heterocycles. The van der Waals surface area contributed by atoms with Crippen LogP contribution >= 0.6 is 12.2 Å². The number of carbonyl (C=O) groups is 1. The predicted molar refractivity (Wildman–Crippen MR) is 161 cm³/mol. The molecule has 2 atom stereocenters. The first-order valence-corrected chi connectivity index (χ1v) is 14.2. The Balaban J connectivity index is 1.43. The van der Waals surface area contributed by atoms with Gasteiger partial charge >= 0.3 is 0 Å².